The molecule has 0 aliphatic rings. The Kier molecular flexibility index (Phi) is 2.94. The summed E-state index contributed by atoms with van der Waals surface area (Å²) in [5.41, 5.74) is 1.80. The van der Waals surface area contributed by atoms with Crippen molar-refractivity contribution in [2.75, 3.05) is 6.61 Å². The minimum absolute atomic E-state index is 0.126. The summed E-state index contributed by atoms with van der Waals surface area (Å²) in [6.07, 6.45) is 0.610. The summed E-state index contributed by atoms with van der Waals surface area (Å²) in [5, 5.41) is 9.99. The van der Waals surface area contributed by atoms with Crippen LogP contribution in [0.4, 0.5) is 0 Å². The summed E-state index contributed by atoms with van der Waals surface area (Å²) in [7, 11) is 2.21. The molecule has 1 atom stereocenters. The van der Waals surface area contributed by atoms with Crippen molar-refractivity contribution in [3.63, 3.8) is 0 Å². The number of hydrogen-bond donors (Lipinski definition) is 1. The highest BCUT2D eigenvalue weighted by atomic mass is 31.0. The van der Waals surface area contributed by atoms with E-state index < -0.39 is 0 Å². The van der Waals surface area contributed by atoms with E-state index in [1.165, 1.54) is 0 Å². The van der Waals surface area contributed by atoms with Crippen molar-refractivity contribution < 1.29 is 14.0 Å². The van der Waals surface area contributed by atoms with E-state index in [1.54, 1.807) is 0 Å². The zero-order valence-corrected chi connectivity index (χ0v) is 9.64. The Hall–Kier alpha value is -1.05. The van der Waals surface area contributed by atoms with Gasteiger partial charge in [-0.2, -0.15) is 0 Å². The molecule has 0 spiro atoms. The van der Waals surface area contributed by atoms with Crippen LogP contribution < -0.4 is 4.52 Å². The largest absolute Gasteiger partial charge is 0.476 e. The molecule has 0 saturated carbocycles. The molecule has 1 heterocycles. The Labute approximate surface area is 90.3 Å². The normalized spacial score (nSPS) is 10.9. The van der Waals surface area contributed by atoms with Crippen molar-refractivity contribution in [2.24, 2.45) is 0 Å². The molecular weight excluding hydrogens is 211 g/mol. The average molecular weight is 224 g/mol. The molecule has 4 heteroatoms. The van der Waals surface area contributed by atoms with Crippen molar-refractivity contribution in [3.8, 4) is 5.75 Å². The van der Waals surface area contributed by atoms with Gasteiger partial charge in [0.05, 0.1) is 9.47 Å². The molecule has 15 heavy (non-hydrogen) atoms. The molecule has 0 bridgehead atoms. The van der Waals surface area contributed by atoms with Gasteiger partial charge in [-0.05, 0) is 19.4 Å². The Bertz CT molecular complexity index is 476. The van der Waals surface area contributed by atoms with E-state index in [4.69, 9.17) is 14.0 Å². The predicted molar refractivity (Wildman–Crippen MR) is 62.1 cm³/mol. The minimum atomic E-state index is 0.126. The van der Waals surface area contributed by atoms with E-state index in [-0.39, 0.29) is 6.61 Å². The van der Waals surface area contributed by atoms with Gasteiger partial charge < -0.3 is 14.0 Å². The molecule has 80 valence electrons. The van der Waals surface area contributed by atoms with Gasteiger partial charge in [0.2, 0.25) is 0 Å². The molecule has 1 aromatic heterocycles. The van der Waals surface area contributed by atoms with Crippen molar-refractivity contribution in [1.29, 1.82) is 0 Å². The fourth-order valence-electron chi connectivity index (χ4n) is 1.78. The third-order valence-electron chi connectivity index (χ3n) is 2.47. The third kappa shape index (κ3) is 1.73. The molecule has 1 unspecified atom stereocenters. The van der Waals surface area contributed by atoms with Crippen LogP contribution in [0.3, 0.4) is 0 Å². The number of para-hydroxylation sites is 1. The van der Waals surface area contributed by atoms with E-state index in [9.17, 15) is 0 Å². The molecule has 2 rings (SSSR count). The topological polar surface area (TPSA) is 42.6 Å². The molecule has 1 N–H and O–H groups in total. The summed E-state index contributed by atoms with van der Waals surface area (Å²) in [6, 6.07) is 5.74. The quantitative estimate of drug-likeness (QED) is 0.814. The molecule has 3 nitrogen and oxygen atoms in total. The summed E-state index contributed by atoms with van der Waals surface area (Å²) in [4.78, 5) is 0. The third-order valence-corrected chi connectivity index (χ3v) is 2.73. The van der Waals surface area contributed by atoms with Crippen LogP contribution >= 0.6 is 9.47 Å². The van der Waals surface area contributed by atoms with Crippen LogP contribution in [-0.2, 0) is 6.42 Å². The van der Waals surface area contributed by atoms with E-state index in [1.807, 2.05) is 25.1 Å². The van der Waals surface area contributed by atoms with Gasteiger partial charge in [-0.1, -0.05) is 12.1 Å². The first-order valence-corrected chi connectivity index (χ1v) is 5.23. The smallest absolute Gasteiger partial charge is 0.176 e. The maximum Gasteiger partial charge on any atom is 0.176 e. The summed E-state index contributed by atoms with van der Waals surface area (Å²) in [5.74, 6) is 1.54. The second kappa shape index (κ2) is 4.21. The van der Waals surface area contributed by atoms with Crippen LogP contribution in [0.2, 0.25) is 0 Å². The zero-order chi connectivity index (χ0) is 10.8. The maximum absolute atomic E-state index is 8.97. The monoisotopic (exact) mass is 224 g/mol. The molecule has 0 amide bonds. The highest BCUT2D eigenvalue weighted by Crippen LogP contribution is 2.33. The van der Waals surface area contributed by atoms with E-state index in [0.717, 1.165) is 22.3 Å². The molecule has 0 saturated heterocycles. The first kappa shape index (κ1) is 10.5. The summed E-state index contributed by atoms with van der Waals surface area (Å²) >= 11 is 0. The van der Waals surface area contributed by atoms with Gasteiger partial charge in [0.1, 0.15) is 5.76 Å². The van der Waals surface area contributed by atoms with Crippen molar-refractivity contribution in [2.45, 2.75) is 13.3 Å². The lowest BCUT2D eigenvalue weighted by Crippen LogP contribution is -1.90. The summed E-state index contributed by atoms with van der Waals surface area (Å²) in [6.45, 7) is 2.03. The van der Waals surface area contributed by atoms with Crippen LogP contribution in [0.25, 0.3) is 11.0 Å². The van der Waals surface area contributed by atoms with Gasteiger partial charge in [0.25, 0.3) is 0 Å². The molecule has 1 aromatic carbocycles. The molecule has 2 aromatic rings. The Morgan fingerprint density at radius 2 is 2.27 bits per heavy atom. The van der Waals surface area contributed by atoms with Gasteiger partial charge in [-0.25, -0.2) is 0 Å². The molecule has 0 aliphatic heterocycles. The molecule has 0 fully saturated rings. The SMILES string of the molecule is Cc1oc2c(OP)cccc2c1CCO. The number of aryl methyl sites for hydroxylation is 1. The number of furan rings is 1. The zero-order valence-electron chi connectivity index (χ0n) is 8.49. The highest BCUT2D eigenvalue weighted by Gasteiger charge is 2.13. The Balaban J connectivity index is 2.67. The number of aliphatic hydroxyl groups is 1. The van der Waals surface area contributed by atoms with Crippen molar-refractivity contribution >= 4 is 20.4 Å². The van der Waals surface area contributed by atoms with E-state index in [0.29, 0.717) is 12.2 Å². The predicted octanol–water partition coefficient (Wildman–Crippen LogP) is 2.44. The van der Waals surface area contributed by atoms with Crippen molar-refractivity contribution in [3.05, 3.63) is 29.5 Å². The number of fused-ring (bicyclic) bond motifs is 1. The van der Waals surface area contributed by atoms with E-state index in [2.05, 4.69) is 9.47 Å². The van der Waals surface area contributed by atoms with Gasteiger partial charge in [-0.3, -0.25) is 0 Å². The standard InChI is InChI=1S/C11H13O3P/c1-7-8(5-6-12)9-3-2-4-10(14-15)11(9)13-7/h2-4,12H,5-6,15H2,1H3. The Morgan fingerprint density at radius 3 is 2.93 bits per heavy atom. The first-order valence-electron chi connectivity index (χ1n) is 4.76. The average Bonchev–Trinajstić information content (AvgIpc) is 2.56. The summed E-state index contributed by atoms with van der Waals surface area (Å²) < 4.78 is 10.8. The molecule has 0 radical (unpaired) electrons. The first-order chi connectivity index (χ1) is 7.27. The lowest BCUT2D eigenvalue weighted by Gasteiger charge is -1.99. The van der Waals surface area contributed by atoms with Gasteiger partial charge in [0, 0.05) is 17.6 Å². The van der Waals surface area contributed by atoms with Gasteiger partial charge in [0.15, 0.2) is 11.3 Å². The van der Waals surface area contributed by atoms with Crippen LogP contribution in [0.15, 0.2) is 22.6 Å². The van der Waals surface area contributed by atoms with Crippen LogP contribution in [0.5, 0.6) is 5.75 Å². The maximum atomic E-state index is 8.97. The Morgan fingerprint density at radius 1 is 1.47 bits per heavy atom. The number of hydrogen-bond acceptors (Lipinski definition) is 3. The van der Waals surface area contributed by atoms with Crippen LogP contribution in [0.1, 0.15) is 11.3 Å². The second-order valence-corrected chi connectivity index (χ2v) is 3.60. The van der Waals surface area contributed by atoms with Gasteiger partial charge in [-0.15, -0.1) is 0 Å². The number of benzene rings is 1. The second-order valence-electron chi connectivity index (χ2n) is 3.36. The fourth-order valence-corrected chi connectivity index (χ4v) is 1.96. The van der Waals surface area contributed by atoms with Crippen LogP contribution in [0, 0.1) is 6.92 Å². The minimum Gasteiger partial charge on any atom is -0.476 e. The van der Waals surface area contributed by atoms with E-state index >= 15 is 0 Å². The van der Waals surface area contributed by atoms with Crippen LogP contribution in [-0.4, -0.2) is 11.7 Å². The molecule has 0 aliphatic carbocycles. The molecular formula is C11H13O3P. The number of rotatable bonds is 3. The number of aliphatic hydroxyl groups excluding tert-OH is 1. The van der Waals surface area contributed by atoms with Gasteiger partial charge >= 0.3 is 0 Å². The fraction of sp³-hybridized carbons (Fsp3) is 0.273. The lowest BCUT2D eigenvalue weighted by molar-refractivity contribution is 0.299. The lowest BCUT2D eigenvalue weighted by atomic mass is 10.1. The van der Waals surface area contributed by atoms with Crippen molar-refractivity contribution in [1.82, 2.24) is 0 Å². The highest BCUT2D eigenvalue weighted by molar-refractivity contribution is 7.10.